The minimum Gasteiger partial charge on any atom is -0.391 e. The average molecular weight is 285 g/mol. The number of carbonyl (C=O) groups is 2. The van der Waals surface area contributed by atoms with E-state index in [1.807, 2.05) is 0 Å². The summed E-state index contributed by atoms with van der Waals surface area (Å²) in [7, 11) is 0. The average Bonchev–Trinajstić information content (AvgIpc) is 2.34. The summed E-state index contributed by atoms with van der Waals surface area (Å²) < 4.78 is 0. The van der Waals surface area contributed by atoms with E-state index in [9.17, 15) is 14.7 Å². The molecule has 0 aromatic carbocycles. The number of carbonyl (C=O) groups excluding carboxylic acids is 2. The van der Waals surface area contributed by atoms with Crippen LogP contribution >= 0.6 is 11.6 Å². The number of amides is 2. The zero-order valence-corrected chi connectivity index (χ0v) is 11.2. The zero-order valence-electron chi connectivity index (χ0n) is 10.5. The van der Waals surface area contributed by atoms with Crippen molar-refractivity contribution in [2.24, 2.45) is 0 Å². The van der Waals surface area contributed by atoms with E-state index in [-0.39, 0.29) is 24.1 Å². The summed E-state index contributed by atoms with van der Waals surface area (Å²) in [5.74, 6) is -0.568. The molecule has 0 aliphatic carbocycles. The van der Waals surface area contributed by atoms with Crippen LogP contribution in [0.3, 0.4) is 0 Å². The predicted octanol–water partition coefficient (Wildman–Crippen LogP) is -0.136. The van der Waals surface area contributed by atoms with E-state index in [1.165, 1.54) is 11.2 Å². The van der Waals surface area contributed by atoms with Crippen LogP contribution in [0.15, 0.2) is 6.33 Å². The summed E-state index contributed by atoms with van der Waals surface area (Å²) >= 11 is 5.89. The van der Waals surface area contributed by atoms with E-state index >= 15 is 0 Å². The number of hydrogen-bond donors (Lipinski definition) is 2. The molecule has 2 rings (SSSR count). The number of piperazine rings is 1. The number of imide groups is 1. The standard InChI is InChI=1S/C11H13ClN4O3/c1-11(2)10(19)15-7(18)3-16(11)9-6(4-17)8(12)13-5-14-9/h5,17H,3-4H2,1-2H3,(H,15,18,19). The molecule has 1 aromatic heterocycles. The lowest BCUT2D eigenvalue weighted by molar-refractivity contribution is -0.135. The number of halogens is 1. The first-order valence-corrected chi connectivity index (χ1v) is 5.98. The van der Waals surface area contributed by atoms with E-state index < -0.39 is 17.4 Å². The molecule has 7 nitrogen and oxygen atoms in total. The fraction of sp³-hybridized carbons (Fsp3) is 0.455. The Morgan fingerprint density at radius 2 is 2.16 bits per heavy atom. The summed E-state index contributed by atoms with van der Waals surface area (Å²) in [5.41, 5.74) is -0.685. The molecule has 2 N–H and O–H groups in total. The molecule has 1 fully saturated rings. The van der Waals surface area contributed by atoms with E-state index in [2.05, 4.69) is 15.3 Å². The molecule has 0 unspecified atom stereocenters. The summed E-state index contributed by atoms with van der Waals surface area (Å²) in [4.78, 5) is 32.7. The first kappa shape index (κ1) is 13.7. The summed E-state index contributed by atoms with van der Waals surface area (Å²) in [5, 5.41) is 11.7. The predicted molar refractivity (Wildman–Crippen MR) is 67.5 cm³/mol. The largest absolute Gasteiger partial charge is 0.391 e. The van der Waals surface area contributed by atoms with Crippen molar-refractivity contribution in [1.29, 1.82) is 0 Å². The SMILES string of the molecule is CC1(C)C(=O)NC(=O)CN1c1ncnc(Cl)c1CO. The van der Waals surface area contributed by atoms with Gasteiger partial charge in [-0.3, -0.25) is 14.9 Å². The highest BCUT2D eigenvalue weighted by Gasteiger charge is 2.42. The molecule has 0 atom stereocenters. The maximum atomic E-state index is 11.9. The Balaban J connectivity index is 2.53. The molecule has 19 heavy (non-hydrogen) atoms. The van der Waals surface area contributed by atoms with Crippen molar-refractivity contribution in [3.63, 3.8) is 0 Å². The van der Waals surface area contributed by atoms with Crippen molar-refractivity contribution in [2.45, 2.75) is 26.0 Å². The van der Waals surface area contributed by atoms with Crippen LogP contribution in [0.1, 0.15) is 19.4 Å². The van der Waals surface area contributed by atoms with Gasteiger partial charge in [0.1, 0.15) is 22.8 Å². The zero-order chi connectivity index (χ0) is 14.2. The number of hydrogen-bond acceptors (Lipinski definition) is 6. The molecule has 1 aliphatic heterocycles. The van der Waals surface area contributed by atoms with Crippen molar-refractivity contribution < 1.29 is 14.7 Å². The van der Waals surface area contributed by atoms with Gasteiger partial charge in [-0.05, 0) is 13.8 Å². The maximum Gasteiger partial charge on any atom is 0.251 e. The Bertz CT molecular complexity index is 547. The lowest BCUT2D eigenvalue weighted by Crippen LogP contribution is -2.64. The minimum atomic E-state index is -0.977. The number of rotatable bonds is 2. The highest BCUT2D eigenvalue weighted by molar-refractivity contribution is 6.30. The Labute approximate surface area is 114 Å². The van der Waals surface area contributed by atoms with Crippen LogP contribution in [0.5, 0.6) is 0 Å². The van der Waals surface area contributed by atoms with Gasteiger partial charge in [-0.25, -0.2) is 9.97 Å². The van der Waals surface area contributed by atoms with Crippen LogP contribution in [0, 0.1) is 0 Å². The van der Waals surface area contributed by atoms with Gasteiger partial charge < -0.3 is 10.0 Å². The van der Waals surface area contributed by atoms with Crippen molar-refractivity contribution >= 4 is 29.2 Å². The molecule has 102 valence electrons. The Kier molecular flexibility index (Phi) is 3.42. The fourth-order valence-electron chi connectivity index (χ4n) is 1.87. The Hall–Kier alpha value is -1.73. The molecule has 1 saturated heterocycles. The van der Waals surface area contributed by atoms with Crippen molar-refractivity contribution in [3.05, 3.63) is 17.0 Å². The van der Waals surface area contributed by atoms with E-state index in [0.717, 1.165) is 0 Å². The van der Waals surface area contributed by atoms with Crippen molar-refractivity contribution in [2.75, 3.05) is 11.4 Å². The molecule has 0 radical (unpaired) electrons. The van der Waals surface area contributed by atoms with Crippen LogP contribution in [0.2, 0.25) is 5.15 Å². The molecule has 2 heterocycles. The second-order valence-corrected chi connectivity index (χ2v) is 5.01. The lowest BCUT2D eigenvalue weighted by Gasteiger charge is -2.41. The third-order valence-corrected chi connectivity index (χ3v) is 3.39. The topological polar surface area (TPSA) is 95.4 Å². The smallest absolute Gasteiger partial charge is 0.251 e. The van der Waals surface area contributed by atoms with Crippen molar-refractivity contribution in [1.82, 2.24) is 15.3 Å². The maximum absolute atomic E-state index is 11.9. The third kappa shape index (κ3) is 2.26. The first-order chi connectivity index (χ1) is 8.87. The molecule has 2 amide bonds. The number of nitrogens with zero attached hydrogens (tertiary/aromatic N) is 3. The van der Waals surface area contributed by atoms with Crippen LogP contribution in [-0.4, -0.2) is 39.0 Å². The fourth-order valence-corrected chi connectivity index (χ4v) is 2.06. The second kappa shape index (κ2) is 4.75. The minimum absolute atomic E-state index is 0.0426. The van der Waals surface area contributed by atoms with Gasteiger partial charge >= 0.3 is 0 Å². The molecule has 0 bridgehead atoms. The molecule has 0 spiro atoms. The summed E-state index contributed by atoms with van der Waals surface area (Å²) in [6.07, 6.45) is 1.23. The van der Waals surface area contributed by atoms with Gasteiger partial charge in [0.15, 0.2) is 0 Å². The quantitative estimate of drug-likeness (QED) is 0.580. The monoisotopic (exact) mass is 284 g/mol. The Morgan fingerprint density at radius 1 is 1.47 bits per heavy atom. The normalized spacial score (nSPS) is 18.4. The highest BCUT2D eigenvalue weighted by atomic mass is 35.5. The molecule has 1 aromatic rings. The van der Waals surface area contributed by atoms with E-state index in [4.69, 9.17) is 11.6 Å². The number of aromatic nitrogens is 2. The molecule has 1 aliphatic rings. The van der Waals surface area contributed by atoms with E-state index in [1.54, 1.807) is 13.8 Å². The summed E-state index contributed by atoms with van der Waals surface area (Å²) in [6, 6.07) is 0. The van der Waals surface area contributed by atoms with Gasteiger partial charge in [0, 0.05) is 0 Å². The van der Waals surface area contributed by atoms with Gasteiger partial charge in [-0.1, -0.05) is 11.6 Å². The van der Waals surface area contributed by atoms with Gasteiger partial charge in [-0.15, -0.1) is 0 Å². The number of aliphatic hydroxyl groups excluding tert-OH is 1. The van der Waals surface area contributed by atoms with Crippen LogP contribution < -0.4 is 10.2 Å². The summed E-state index contributed by atoms with van der Waals surface area (Å²) in [6.45, 7) is 2.90. The molecular weight excluding hydrogens is 272 g/mol. The van der Waals surface area contributed by atoms with Gasteiger partial charge in [-0.2, -0.15) is 0 Å². The molecule has 8 heteroatoms. The van der Waals surface area contributed by atoms with Crippen LogP contribution in [0.25, 0.3) is 0 Å². The third-order valence-electron chi connectivity index (χ3n) is 3.07. The van der Waals surface area contributed by atoms with Crippen LogP contribution in [0.4, 0.5) is 5.82 Å². The number of nitrogens with one attached hydrogen (secondary N) is 1. The second-order valence-electron chi connectivity index (χ2n) is 4.65. The van der Waals surface area contributed by atoms with Crippen molar-refractivity contribution in [3.8, 4) is 0 Å². The molecular formula is C11H13ClN4O3. The van der Waals surface area contributed by atoms with Gasteiger partial charge in [0.2, 0.25) is 5.91 Å². The number of anilines is 1. The Morgan fingerprint density at radius 3 is 2.79 bits per heavy atom. The van der Waals surface area contributed by atoms with Gasteiger partial charge in [0.25, 0.3) is 5.91 Å². The first-order valence-electron chi connectivity index (χ1n) is 5.60. The van der Waals surface area contributed by atoms with Crippen LogP contribution in [-0.2, 0) is 16.2 Å². The van der Waals surface area contributed by atoms with Gasteiger partial charge in [0.05, 0.1) is 18.7 Å². The van der Waals surface area contributed by atoms with E-state index in [0.29, 0.717) is 5.56 Å². The highest BCUT2D eigenvalue weighted by Crippen LogP contribution is 2.30. The number of aliphatic hydroxyl groups is 1. The molecule has 0 saturated carbocycles. The lowest BCUT2D eigenvalue weighted by atomic mass is 9.98.